The molecule has 4 rings (SSSR count). The zero-order valence-electron chi connectivity index (χ0n) is 14.8. The van der Waals surface area contributed by atoms with E-state index in [4.69, 9.17) is 10.5 Å². The third-order valence-electron chi connectivity index (χ3n) is 4.75. The average Bonchev–Trinajstić information content (AvgIpc) is 3.01. The van der Waals surface area contributed by atoms with Gasteiger partial charge in [0.25, 0.3) is 0 Å². The summed E-state index contributed by atoms with van der Waals surface area (Å²) in [6.45, 7) is 4.66. The Balaban J connectivity index is 1.72. The number of rotatable bonds is 3. The van der Waals surface area contributed by atoms with Crippen molar-refractivity contribution in [2.45, 2.75) is 26.7 Å². The lowest BCUT2D eigenvalue weighted by molar-refractivity contribution is 0.104. The Morgan fingerprint density at radius 3 is 3.00 bits per heavy atom. The van der Waals surface area contributed by atoms with Crippen molar-refractivity contribution < 1.29 is 9.53 Å². The number of allylic oxidation sites excluding steroid dienone is 2. The van der Waals surface area contributed by atoms with Crippen molar-refractivity contribution in [1.29, 1.82) is 0 Å². The van der Waals surface area contributed by atoms with Crippen LogP contribution in [-0.4, -0.2) is 17.4 Å². The molecule has 0 amide bonds. The van der Waals surface area contributed by atoms with Gasteiger partial charge in [-0.3, -0.25) is 4.79 Å². The van der Waals surface area contributed by atoms with Crippen molar-refractivity contribution in [3.05, 3.63) is 58.7 Å². The standard InChI is InChI=1S/C21H20N2O2S/c1-12-5-8-16-20(26-21(22)23-16)19(12)17(24)10-13(2)15-7-6-14-4-3-9-25-18(14)11-15/h5-8,10-11H,3-4,9H2,1-2H3,(H2,22,23)/b13-10+. The average molecular weight is 364 g/mol. The number of ketones is 1. The van der Waals surface area contributed by atoms with Crippen molar-refractivity contribution >= 4 is 38.0 Å². The van der Waals surface area contributed by atoms with Crippen LogP contribution in [0.4, 0.5) is 5.13 Å². The number of carbonyl (C=O) groups is 1. The topological polar surface area (TPSA) is 65.2 Å². The molecule has 3 aromatic rings. The van der Waals surface area contributed by atoms with Crippen molar-refractivity contribution in [3.8, 4) is 5.75 Å². The molecule has 1 aliphatic rings. The van der Waals surface area contributed by atoms with E-state index in [9.17, 15) is 4.79 Å². The van der Waals surface area contributed by atoms with Crippen LogP contribution in [-0.2, 0) is 6.42 Å². The number of benzene rings is 2. The van der Waals surface area contributed by atoms with Gasteiger partial charge in [0.05, 0.1) is 16.8 Å². The molecule has 5 heteroatoms. The fraction of sp³-hybridized carbons (Fsp3) is 0.238. The van der Waals surface area contributed by atoms with Gasteiger partial charge in [0.1, 0.15) is 5.75 Å². The molecule has 2 N–H and O–H groups in total. The Labute approximate surface area is 156 Å². The van der Waals surface area contributed by atoms with Crippen molar-refractivity contribution in [2.75, 3.05) is 12.3 Å². The molecule has 4 nitrogen and oxygen atoms in total. The van der Waals surface area contributed by atoms with Crippen LogP contribution >= 0.6 is 11.3 Å². The number of nitrogens with zero attached hydrogens (tertiary/aromatic N) is 1. The molecule has 0 saturated carbocycles. The molecule has 1 aromatic heterocycles. The summed E-state index contributed by atoms with van der Waals surface area (Å²) in [5.74, 6) is 0.912. The Hall–Kier alpha value is -2.66. The van der Waals surface area contributed by atoms with Gasteiger partial charge in [0.2, 0.25) is 0 Å². The number of aromatic nitrogens is 1. The first kappa shape index (κ1) is 16.8. The maximum atomic E-state index is 13.0. The number of anilines is 1. The van der Waals surface area contributed by atoms with E-state index < -0.39 is 0 Å². The molecule has 0 bridgehead atoms. The summed E-state index contributed by atoms with van der Waals surface area (Å²) in [6, 6.07) is 10.0. The van der Waals surface area contributed by atoms with Crippen molar-refractivity contribution in [3.63, 3.8) is 0 Å². The zero-order valence-corrected chi connectivity index (χ0v) is 15.7. The van der Waals surface area contributed by atoms with Gasteiger partial charge in [0.15, 0.2) is 10.9 Å². The maximum absolute atomic E-state index is 13.0. The molecule has 0 saturated heterocycles. The van der Waals surface area contributed by atoms with Crippen LogP contribution < -0.4 is 10.5 Å². The van der Waals surface area contributed by atoms with Gasteiger partial charge < -0.3 is 10.5 Å². The molecule has 0 spiro atoms. The summed E-state index contributed by atoms with van der Waals surface area (Å²) in [5, 5.41) is 0.479. The first-order valence-electron chi connectivity index (χ1n) is 8.67. The highest BCUT2D eigenvalue weighted by molar-refractivity contribution is 7.22. The van der Waals surface area contributed by atoms with E-state index in [1.165, 1.54) is 16.9 Å². The van der Waals surface area contributed by atoms with E-state index in [0.717, 1.165) is 52.1 Å². The van der Waals surface area contributed by atoms with Gasteiger partial charge in [-0.1, -0.05) is 29.5 Å². The minimum atomic E-state index is -0.0205. The first-order chi connectivity index (χ1) is 12.5. The van der Waals surface area contributed by atoms with Gasteiger partial charge >= 0.3 is 0 Å². The number of nitrogens with two attached hydrogens (primary N) is 1. The molecule has 0 unspecified atom stereocenters. The lowest BCUT2D eigenvalue weighted by Gasteiger charge is -2.18. The van der Waals surface area contributed by atoms with E-state index in [1.807, 2.05) is 32.0 Å². The Kier molecular flexibility index (Phi) is 4.24. The fourth-order valence-electron chi connectivity index (χ4n) is 3.35. The second kappa shape index (κ2) is 6.57. The molecule has 132 valence electrons. The molecule has 2 aromatic carbocycles. The number of nitrogen functional groups attached to an aromatic ring is 1. The first-order valence-corrected chi connectivity index (χ1v) is 9.49. The molecule has 0 aliphatic carbocycles. The Morgan fingerprint density at radius 1 is 1.31 bits per heavy atom. The third-order valence-corrected chi connectivity index (χ3v) is 5.66. The lowest BCUT2D eigenvalue weighted by Crippen LogP contribution is -2.08. The van der Waals surface area contributed by atoms with Crippen LogP contribution in [0.1, 0.15) is 40.4 Å². The van der Waals surface area contributed by atoms with Crippen molar-refractivity contribution in [2.24, 2.45) is 0 Å². The number of hydrogen-bond donors (Lipinski definition) is 1. The minimum absolute atomic E-state index is 0.0205. The number of carbonyl (C=O) groups excluding carboxylic acids is 1. The number of ether oxygens (including phenoxy) is 1. The summed E-state index contributed by atoms with van der Waals surface area (Å²) >= 11 is 1.36. The summed E-state index contributed by atoms with van der Waals surface area (Å²) in [4.78, 5) is 17.3. The number of hydrogen-bond acceptors (Lipinski definition) is 5. The Morgan fingerprint density at radius 2 is 2.15 bits per heavy atom. The predicted octanol–water partition coefficient (Wildman–Crippen LogP) is 4.80. The molecular weight excluding hydrogens is 344 g/mol. The molecule has 26 heavy (non-hydrogen) atoms. The minimum Gasteiger partial charge on any atom is -0.493 e. The summed E-state index contributed by atoms with van der Waals surface area (Å²) in [7, 11) is 0. The highest BCUT2D eigenvalue weighted by Gasteiger charge is 2.16. The molecule has 1 aliphatic heterocycles. The van der Waals surface area contributed by atoms with Crippen LogP contribution in [0.2, 0.25) is 0 Å². The highest BCUT2D eigenvalue weighted by atomic mass is 32.1. The normalized spacial score (nSPS) is 14.2. The molecule has 0 radical (unpaired) electrons. The zero-order chi connectivity index (χ0) is 18.3. The van der Waals surface area contributed by atoms with E-state index >= 15 is 0 Å². The van der Waals surface area contributed by atoms with Crippen LogP contribution in [0.15, 0.2) is 36.4 Å². The monoisotopic (exact) mass is 364 g/mol. The SMILES string of the molecule is C/C(=C\C(=O)c1c(C)ccc2nc(N)sc12)c1ccc2c(c1)OCCC2. The molecule has 0 fully saturated rings. The largest absolute Gasteiger partial charge is 0.493 e. The maximum Gasteiger partial charge on any atom is 0.187 e. The van der Waals surface area contributed by atoms with E-state index in [0.29, 0.717) is 10.7 Å². The quantitative estimate of drug-likeness (QED) is 0.536. The number of fused-ring (bicyclic) bond motifs is 2. The predicted molar refractivity (Wildman–Crippen MR) is 107 cm³/mol. The number of aryl methyl sites for hydroxylation is 2. The van der Waals surface area contributed by atoms with Crippen LogP contribution in [0.5, 0.6) is 5.75 Å². The van der Waals surface area contributed by atoms with Crippen LogP contribution in [0.25, 0.3) is 15.8 Å². The highest BCUT2D eigenvalue weighted by Crippen LogP contribution is 2.32. The van der Waals surface area contributed by atoms with Gasteiger partial charge in [0, 0.05) is 5.56 Å². The van der Waals surface area contributed by atoms with Gasteiger partial charge in [-0.05, 0) is 67.2 Å². The second-order valence-electron chi connectivity index (χ2n) is 6.62. The third kappa shape index (κ3) is 2.99. The van der Waals surface area contributed by atoms with Gasteiger partial charge in [-0.15, -0.1) is 0 Å². The Bertz CT molecular complexity index is 1050. The molecule has 0 atom stereocenters. The molecule has 2 heterocycles. The lowest BCUT2D eigenvalue weighted by atomic mass is 9.97. The van der Waals surface area contributed by atoms with E-state index in [1.54, 1.807) is 6.08 Å². The van der Waals surface area contributed by atoms with Crippen LogP contribution in [0, 0.1) is 6.92 Å². The second-order valence-corrected chi connectivity index (χ2v) is 7.65. The van der Waals surface area contributed by atoms with Gasteiger partial charge in [-0.2, -0.15) is 0 Å². The van der Waals surface area contributed by atoms with E-state index in [-0.39, 0.29) is 5.78 Å². The number of thiazole rings is 1. The summed E-state index contributed by atoms with van der Waals surface area (Å²) in [5.41, 5.74) is 11.4. The summed E-state index contributed by atoms with van der Waals surface area (Å²) in [6.07, 6.45) is 3.80. The van der Waals surface area contributed by atoms with Crippen LogP contribution in [0.3, 0.4) is 0 Å². The van der Waals surface area contributed by atoms with Gasteiger partial charge in [-0.25, -0.2) is 4.98 Å². The molecular formula is C21H20N2O2S. The summed E-state index contributed by atoms with van der Waals surface area (Å²) < 4.78 is 6.60. The fourth-order valence-corrected chi connectivity index (χ4v) is 4.29. The van der Waals surface area contributed by atoms with Crippen molar-refractivity contribution in [1.82, 2.24) is 4.98 Å². The van der Waals surface area contributed by atoms with E-state index in [2.05, 4.69) is 17.1 Å². The smallest absolute Gasteiger partial charge is 0.187 e.